The number of nitrogens with two attached hydrogens (primary N) is 1. The molecule has 6 amide bonds. The minimum atomic E-state index is -0.309. The van der Waals surface area contributed by atoms with E-state index in [1.807, 2.05) is 77.7 Å². The molecule has 2 fully saturated rings. The molecule has 5 aromatic rings. The molecule has 0 aliphatic carbocycles. The molecule has 0 spiro atoms. The van der Waals surface area contributed by atoms with Crippen LogP contribution < -0.4 is 36.2 Å². The number of nitrogens with zero attached hydrogens (tertiary/aromatic N) is 7. The first-order valence-corrected chi connectivity index (χ1v) is 20.8. The lowest BCUT2D eigenvalue weighted by Gasteiger charge is -2.18. The number of halogens is 5. The summed E-state index contributed by atoms with van der Waals surface area (Å²) in [7, 11) is 1.64. The maximum Gasteiger partial charge on any atom is 0.326 e. The first-order chi connectivity index (χ1) is 27.4. The van der Waals surface area contributed by atoms with Gasteiger partial charge in [-0.3, -0.25) is 15.1 Å². The predicted molar refractivity (Wildman–Crippen MR) is 237 cm³/mol. The molecule has 1 aromatic carbocycles. The standard InChI is InChI=1S/C16H16BrN3O2.C8H9BrClN3O.C8H8BrN3O.C5H5BrN2/c1-22-13-7-5-12(6-8-13)11-19-9-10-20(16(19)21)15-4-2-3-14(17)18-15;9-6-2-1-3-7(12-6)13-8(14)11-5-4-10;9-6-2-1-3-7(11-6)12-5-4-10-8(12)13;6-4-2-1-3-5(7)8-4/h2-8H,9-11H2,1H3;1-3H,4-5H2,(H2,11,12,13,14);1-3H,4-5H2,(H,10,13);1-3H,(H2,7,8). The first kappa shape index (κ1) is 45.1. The highest BCUT2D eigenvalue weighted by molar-refractivity contribution is 9.11. The van der Waals surface area contributed by atoms with Crippen molar-refractivity contribution in [3.8, 4) is 5.75 Å². The van der Waals surface area contributed by atoms with E-state index in [0.29, 0.717) is 73.0 Å². The number of carbonyl (C=O) groups excluding carboxylic acids is 3. The van der Waals surface area contributed by atoms with Crippen LogP contribution in [0, 0.1) is 0 Å². The maximum absolute atomic E-state index is 12.5. The number of pyridine rings is 4. The summed E-state index contributed by atoms with van der Waals surface area (Å²) in [6, 6.07) is 29.1. The van der Waals surface area contributed by atoms with Crippen LogP contribution in [-0.2, 0) is 6.54 Å². The Morgan fingerprint density at radius 3 is 1.86 bits per heavy atom. The average Bonchev–Trinajstić information content (AvgIpc) is 3.79. The molecule has 0 bridgehead atoms. The van der Waals surface area contributed by atoms with Crippen molar-refractivity contribution in [3.63, 3.8) is 0 Å². The van der Waals surface area contributed by atoms with Gasteiger partial charge in [0.2, 0.25) is 0 Å². The van der Waals surface area contributed by atoms with Gasteiger partial charge >= 0.3 is 18.1 Å². The van der Waals surface area contributed by atoms with Crippen molar-refractivity contribution < 1.29 is 19.1 Å². The minimum Gasteiger partial charge on any atom is -0.497 e. The number of alkyl halides is 1. The molecule has 0 radical (unpaired) electrons. The molecule has 5 N–H and O–H groups in total. The van der Waals surface area contributed by atoms with Crippen molar-refractivity contribution in [3.05, 3.63) is 121 Å². The van der Waals surface area contributed by atoms with E-state index in [0.717, 1.165) is 25.1 Å². The lowest BCUT2D eigenvalue weighted by molar-refractivity contribution is 0.218. The summed E-state index contributed by atoms with van der Waals surface area (Å²) in [6.07, 6.45) is 0. The fraction of sp³-hybridized carbons (Fsp3) is 0.216. The number of rotatable bonds is 8. The highest BCUT2D eigenvalue weighted by atomic mass is 79.9. The maximum atomic E-state index is 12.5. The second kappa shape index (κ2) is 23.6. The van der Waals surface area contributed by atoms with Gasteiger partial charge in [-0.05, 0) is 130 Å². The number of ether oxygens (including phenoxy) is 1. The quantitative estimate of drug-likeness (QED) is 0.0878. The molecule has 6 heterocycles. The van der Waals surface area contributed by atoms with Gasteiger partial charge in [0.05, 0.1) is 7.11 Å². The van der Waals surface area contributed by atoms with E-state index in [-0.39, 0.29) is 18.1 Å². The van der Waals surface area contributed by atoms with Crippen LogP contribution >= 0.6 is 75.3 Å². The summed E-state index contributed by atoms with van der Waals surface area (Å²) in [4.78, 5) is 56.5. The number of urea groups is 3. The van der Waals surface area contributed by atoms with Crippen LogP contribution in [0.25, 0.3) is 0 Å². The summed E-state index contributed by atoms with van der Waals surface area (Å²) in [5, 5.41) is 7.85. The molecule has 20 heteroatoms. The number of methoxy groups -OCH3 is 1. The molecule has 0 atom stereocenters. The Hall–Kier alpha value is -4.56. The smallest absolute Gasteiger partial charge is 0.326 e. The van der Waals surface area contributed by atoms with Crippen LogP contribution in [0.1, 0.15) is 5.56 Å². The highest BCUT2D eigenvalue weighted by Gasteiger charge is 2.30. The van der Waals surface area contributed by atoms with E-state index < -0.39 is 0 Å². The number of amides is 6. The fourth-order valence-corrected chi connectivity index (χ4v) is 6.37. The molecule has 4 aromatic heterocycles. The van der Waals surface area contributed by atoms with Gasteiger partial charge in [-0.1, -0.05) is 36.4 Å². The number of hydrogen-bond donors (Lipinski definition) is 4. The Morgan fingerprint density at radius 2 is 1.35 bits per heavy atom. The minimum absolute atomic E-state index is 0.0126. The van der Waals surface area contributed by atoms with Crippen LogP contribution in [0.3, 0.4) is 0 Å². The Balaban J connectivity index is 0.000000179. The Labute approximate surface area is 368 Å². The zero-order valence-electron chi connectivity index (χ0n) is 30.4. The van der Waals surface area contributed by atoms with E-state index in [9.17, 15) is 14.4 Å². The van der Waals surface area contributed by atoms with Crippen LogP contribution in [0.2, 0.25) is 0 Å². The molecule has 0 unspecified atom stereocenters. The molecule has 2 saturated heterocycles. The zero-order chi connectivity index (χ0) is 41.2. The van der Waals surface area contributed by atoms with E-state index in [1.54, 1.807) is 41.2 Å². The van der Waals surface area contributed by atoms with Gasteiger partial charge in [-0.2, -0.15) is 0 Å². The Kier molecular flexibility index (Phi) is 18.7. The van der Waals surface area contributed by atoms with Crippen molar-refractivity contribution in [1.29, 1.82) is 0 Å². The summed E-state index contributed by atoms with van der Waals surface area (Å²) < 4.78 is 8.06. The Morgan fingerprint density at radius 1 is 0.772 bits per heavy atom. The number of carbonyl (C=O) groups is 3. The summed E-state index contributed by atoms with van der Waals surface area (Å²) in [5.74, 6) is 3.60. The van der Waals surface area contributed by atoms with Gasteiger partial charge in [0, 0.05) is 45.1 Å². The summed E-state index contributed by atoms with van der Waals surface area (Å²) >= 11 is 18.4. The third kappa shape index (κ3) is 15.4. The lowest BCUT2D eigenvalue weighted by atomic mass is 10.2. The van der Waals surface area contributed by atoms with E-state index in [2.05, 4.69) is 99.6 Å². The molecular weight excluding hydrogens is 1020 g/mol. The van der Waals surface area contributed by atoms with Crippen molar-refractivity contribution in [1.82, 2.24) is 35.5 Å². The van der Waals surface area contributed by atoms with Crippen LogP contribution in [0.15, 0.2) is 115 Å². The molecule has 7 rings (SSSR count). The number of aromatic nitrogens is 4. The third-order valence-electron chi connectivity index (χ3n) is 7.51. The zero-order valence-corrected chi connectivity index (χ0v) is 37.5. The number of anilines is 4. The number of nitrogen functional groups attached to an aromatic ring is 1. The lowest BCUT2D eigenvalue weighted by Crippen LogP contribution is -2.31. The summed E-state index contributed by atoms with van der Waals surface area (Å²) in [6.45, 7) is 3.74. The van der Waals surface area contributed by atoms with Crippen molar-refractivity contribution in [2.24, 2.45) is 0 Å². The van der Waals surface area contributed by atoms with E-state index >= 15 is 0 Å². The normalized spacial score (nSPS) is 12.9. The van der Waals surface area contributed by atoms with Crippen molar-refractivity contribution >= 4 is 117 Å². The van der Waals surface area contributed by atoms with E-state index in [4.69, 9.17) is 22.1 Å². The van der Waals surface area contributed by atoms with Crippen molar-refractivity contribution in [2.75, 3.05) is 66.6 Å². The monoisotopic (exact) mass is 1050 g/mol. The van der Waals surface area contributed by atoms with Crippen molar-refractivity contribution in [2.45, 2.75) is 6.54 Å². The molecule has 2 aliphatic rings. The topological polar surface area (TPSA) is 184 Å². The van der Waals surface area contributed by atoms with Gasteiger partial charge in [0.1, 0.15) is 47.4 Å². The average molecular weight is 1060 g/mol. The number of benzene rings is 1. The van der Waals surface area contributed by atoms with Gasteiger partial charge in [-0.25, -0.2) is 34.3 Å². The molecule has 2 aliphatic heterocycles. The second-order valence-electron chi connectivity index (χ2n) is 11.5. The fourth-order valence-electron chi connectivity index (χ4n) is 4.90. The SMILES string of the molecule is COc1ccc(CN2CCN(c3cccc(Br)n3)C2=O)cc1.Nc1cccc(Br)n1.O=C(NCCCl)Nc1cccc(Br)n1.O=C1NCCN1c1cccc(Br)n1. The van der Waals surface area contributed by atoms with Gasteiger partial charge in [0.15, 0.2) is 0 Å². The van der Waals surface area contributed by atoms with Crippen LogP contribution in [-0.4, -0.2) is 88.6 Å². The first-order valence-electron chi connectivity index (χ1n) is 17.1. The molecule has 0 saturated carbocycles. The third-order valence-corrected chi connectivity index (χ3v) is 9.47. The molecule has 57 heavy (non-hydrogen) atoms. The molecular formula is C37H38Br4ClN11O4. The van der Waals surface area contributed by atoms with Gasteiger partial charge in [0.25, 0.3) is 0 Å². The largest absolute Gasteiger partial charge is 0.497 e. The van der Waals surface area contributed by atoms with Crippen LogP contribution in [0.5, 0.6) is 5.75 Å². The number of hydrogen-bond acceptors (Lipinski definition) is 9. The Bertz CT molecular complexity index is 2070. The molecule has 15 nitrogen and oxygen atoms in total. The van der Waals surface area contributed by atoms with Gasteiger partial charge in [-0.15, -0.1) is 11.6 Å². The number of nitrogens with one attached hydrogen (secondary N) is 3. The predicted octanol–water partition coefficient (Wildman–Crippen LogP) is 8.30. The summed E-state index contributed by atoms with van der Waals surface area (Å²) in [5.41, 5.74) is 6.40. The van der Waals surface area contributed by atoms with Gasteiger partial charge < -0.3 is 26.0 Å². The van der Waals surface area contributed by atoms with Crippen LogP contribution in [0.4, 0.5) is 37.7 Å². The van der Waals surface area contributed by atoms with E-state index in [1.165, 1.54) is 0 Å². The molecule has 300 valence electrons. The second-order valence-corrected chi connectivity index (χ2v) is 15.2. The highest BCUT2D eigenvalue weighted by Crippen LogP contribution is 2.22.